The van der Waals surface area contributed by atoms with Crippen molar-refractivity contribution in [2.24, 2.45) is 0 Å². The van der Waals surface area contributed by atoms with Gasteiger partial charge in [-0.2, -0.15) is 0 Å². The van der Waals surface area contributed by atoms with Gasteiger partial charge in [0.05, 0.1) is 13.3 Å². The van der Waals surface area contributed by atoms with Crippen LogP contribution < -0.4 is 10.2 Å². The molecule has 1 atom stereocenters. The molecule has 1 heterocycles. The third kappa shape index (κ3) is 3.07. The summed E-state index contributed by atoms with van der Waals surface area (Å²) < 4.78 is 0. The number of rotatable bonds is 2. The first-order chi connectivity index (χ1) is 9.34. The van der Waals surface area contributed by atoms with E-state index in [0.717, 1.165) is 19.4 Å². The number of nitrogens with zero attached hydrogens (tertiary/aromatic N) is 2. The molecule has 1 aliphatic carbocycles. The Kier molecular flexibility index (Phi) is 4.31. The maximum Gasteiger partial charge on any atom is 0.127 e. The fraction of sp³-hybridized carbons (Fsp3) is 0.600. The van der Waals surface area contributed by atoms with E-state index in [4.69, 9.17) is 0 Å². The van der Waals surface area contributed by atoms with Crippen molar-refractivity contribution in [1.29, 1.82) is 0 Å². The molecule has 0 amide bonds. The topological polar surface area (TPSA) is 18.5 Å². The van der Waals surface area contributed by atoms with E-state index in [1.54, 1.807) is 0 Å². The summed E-state index contributed by atoms with van der Waals surface area (Å²) in [5.74, 6) is 0. The number of hydrogen-bond donors (Lipinski definition) is 2. The maximum atomic E-state index is 4.66. The maximum absolute atomic E-state index is 4.66. The van der Waals surface area contributed by atoms with Crippen LogP contribution in [0.25, 0.3) is 0 Å². The van der Waals surface area contributed by atoms with E-state index in [2.05, 4.69) is 58.1 Å². The summed E-state index contributed by atoms with van der Waals surface area (Å²) in [6, 6.07) is 11.3. The van der Waals surface area contributed by atoms with E-state index < -0.39 is 0 Å². The summed E-state index contributed by atoms with van der Waals surface area (Å²) in [5.41, 5.74) is 1.36. The van der Waals surface area contributed by atoms with E-state index in [-0.39, 0.29) is 5.50 Å². The van der Waals surface area contributed by atoms with Crippen molar-refractivity contribution < 1.29 is 0 Å². The zero-order chi connectivity index (χ0) is 13.1. The van der Waals surface area contributed by atoms with Crippen molar-refractivity contribution in [3.8, 4) is 0 Å². The number of anilines is 1. The number of thiol groups is 1. The Hall–Kier alpha value is -0.710. The zero-order valence-corrected chi connectivity index (χ0v) is 12.2. The molecule has 19 heavy (non-hydrogen) atoms. The van der Waals surface area contributed by atoms with Crippen molar-refractivity contribution in [1.82, 2.24) is 10.2 Å². The molecule has 1 aliphatic heterocycles. The predicted molar refractivity (Wildman–Crippen MR) is 83.3 cm³/mol. The van der Waals surface area contributed by atoms with Gasteiger partial charge in [0.15, 0.2) is 0 Å². The van der Waals surface area contributed by atoms with Crippen LogP contribution in [0.3, 0.4) is 0 Å². The molecule has 3 nitrogen and oxygen atoms in total. The molecule has 0 spiro atoms. The number of para-hydroxylation sites is 1. The third-order valence-electron chi connectivity index (χ3n) is 4.29. The van der Waals surface area contributed by atoms with Crippen LogP contribution in [0, 0.1) is 0 Å². The van der Waals surface area contributed by atoms with E-state index in [1.165, 1.54) is 37.8 Å². The van der Waals surface area contributed by atoms with Gasteiger partial charge in [-0.3, -0.25) is 10.2 Å². The Morgan fingerprint density at radius 1 is 1.05 bits per heavy atom. The Bertz CT molecular complexity index is 392. The fourth-order valence-corrected chi connectivity index (χ4v) is 3.45. The van der Waals surface area contributed by atoms with Crippen molar-refractivity contribution in [3.05, 3.63) is 30.3 Å². The first kappa shape index (κ1) is 13.3. The second-order valence-electron chi connectivity index (χ2n) is 5.56. The van der Waals surface area contributed by atoms with Gasteiger partial charge in [-0.05, 0) is 25.0 Å². The quantitative estimate of drug-likeness (QED) is 0.811. The van der Waals surface area contributed by atoms with E-state index in [0.29, 0.717) is 0 Å². The second kappa shape index (κ2) is 6.16. The van der Waals surface area contributed by atoms with Gasteiger partial charge in [-0.15, -0.1) is 12.6 Å². The van der Waals surface area contributed by atoms with Crippen LogP contribution in [0.5, 0.6) is 0 Å². The fourth-order valence-electron chi connectivity index (χ4n) is 3.17. The predicted octanol–water partition coefficient (Wildman–Crippen LogP) is 2.86. The Labute approximate surface area is 121 Å². The average molecular weight is 277 g/mol. The van der Waals surface area contributed by atoms with Crippen molar-refractivity contribution >= 4 is 18.3 Å². The highest BCUT2D eigenvalue weighted by atomic mass is 32.1. The Balaban J connectivity index is 1.70. The van der Waals surface area contributed by atoms with Crippen LogP contribution in [0.4, 0.5) is 5.69 Å². The van der Waals surface area contributed by atoms with Crippen LogP contribution in [0.15, 0.2) is 30.3 Å². The highest BCUT2D eigenvalue weighted by molar-refractivity contribution is 7.81. The van der Waals surface area contributed by atoms with Crippen LogP contribution in [0.2, 0.25) is 0 Å². The molecule has 1 N–H and O–H groups in total. The molecule has 1 aromatic carbocycles. The molecule has 0 aromatic heterocycles. The van der Waals surface area contributed by atoms with Crippen LogP contribution in [-0.4, -0.2) is 29.8 Å². The Morgan fingerprint density at radius 2 is 1.79 bits per heavy atom. The van der Waals surface area contributed by atoms with Gasteiger partial charge < -0.3 is 4.90 Å². The van der Waals surface area contributed by atoms with Crippen LogP contribution >= 0.6 is 12.6 Å². The summed E-state index contributed by atoms with van der Waals surface area (Å²) >= 11 is 4.66. The lowest BCUT2D eigenvalue weighted by Gasteiger charge is -2.45. The molecular weight excluding hydrogens is 254 g/mol. The first-order valence-corrected chi connectivity index (χ1v) is 7.83. The lowest BCUT2D eigenvalue weighted by atomic mass is 9.94. The molecule has 104 valence electrons. The van der Waals surface area contributed by atoms with Gasteiger partial charge in [0.2, 0.25) is 0 Å². The second-order valence-corrected chi connectivity index (χ2v) is 6.05. The van der Waals surface area contributed by atoms with Gasteiger partial charge in [-0.1, -0.05) is 37.5 Å². The summed E-state index contributed by atoms with van der Waals surface area (Å²) in [7, 11) is 0. The molecule has 2 fully saturated rings. The van der Waals surface area contributed by atoms with Crippen molar-refractivity contribution in [3.63, 3.8) is 0 Å². The van der Waals surface area contributed by atoms with E-state index in [9.17, 15) is 0 Å². The molecule has 3 rings (SSSR count). The summed E-state index contributed by atoms with van der Waals surface area (Å²) in [5, 5.41) is 3.49. The minimum atomic E-state index is 0.113. The van der Waals surface area contributed by atoms with E-state index in [1.807, 2.05) is 0 Å². The molecule has 0 radical (unpaired) electrons. The molecule has 1 saturated carbocycles. The van der Waals surface area contributed by atoms with Crippen molar-refractivity contribution in [2.45, 2.75) is 43.6 Å². The number of benzene rings is 1. The lowest BCUT2D eigenvalue weighted by molar-refractivity contribution is 0.119. The van der Waals surface area contributed by atoms with Gasteiger partial charge >= 0.3 is 0 Å². The molecular formula is C15H23N3S. The highest BCUT2D eigenvalue weighted by Gasteiger charge is 2.29. The van der Waals surface area contributed by atoms with Gasteiger partial charge in [0, 0.05) is 11.7 Å². The normalized spacial score (nSPS) is 26.6. The SMILES string of the molecule is S[C@@H]1NCN(C2CCCCC2)CN1c1ccccc1. The number of nitrogens with one attached hydrogen (secondary N) is 1. The smallest absolute Gasteiger partial charge is 0.127 e. The monoisotopic (exact) mass is 277 g/mol. The Morgan fingerprint density at radius 3 is 2.53 bits per heavy atom. The average Bonchev–Trinajstić information content (AvgIpc) is 2.49. The highest BCUT2D eigenvalue weighted by Crippen LogP contribution is 2.26. The van der Waals surface area contributed by atoms with Crippen LogP contribution in [-0.2, 0) is 0 Å². The molecule has 0 unspecified atom stereocenters. The first-order valence-electron chi connectivity index (χ1n) is 7.32. The summed E-state index contributed by atoms with van der Waals surface area (Å²) in [6.07, 6.45) is 6.88. The molecule has 4 heteroatoms. The largest absolute Gasteiger partial charge is 0.334 e. The summed E-state index contributed by atoms with van der Waals surface area (Å²) in [6.45, 7) is 1.94. The minimum absolute atomic E-state index is 0.113. The molecule has 1 aromatic rings. The summed E-state index contributed by atoms with van der Waals surface area (Å²) in [4.78, 5) is 4.90. The van der Waals surface area contributed by atoms with Crippen LogP contribution in [0.1, 0.15) is 32.1 Å². The van der Waals surface area contributed by atoms with Gasteiger partial charge in [0.25, 0.3) is 0 Å². The molecule has 0 bridgehead atoms. The minimum Gasteiger partial charge on any atom is -0.334 e. The number of hydrogen-bond acceptors (Lipinski definition) is 4. The molecule has 2 aliphatic rings. The van der Waals surface area contributed by atoms with Gasteiger partial charge in [0.1, 0.15) is 5.50 Å². The van der Waals surface area contributed by atoms with E-state index >= 15 is 0 Å². The third-order valence-corrected chi connectivity index (χ3v) is 4.75. The molecule has 1 saturated heterocycles. The van der Waals surface area contributed by atoms with Gasteiger partial charge in [-0.25, -0.2) is 0 Å². The lowest BCUT2D eigenvalue weighted by Crippen LogP contribution is -2.60. The standard InChI is InChI=1S/C15H23N3S/c19-15-16-11-17(13-7-3-1-4-8-13)12-18(15)14-9-5-2-6-10-14/h2,5-6,9-10,13,15-16,19H,1,3-4,7-8,11-12H2/t15-/m1/s1. The zero-order valence-electron chi connectivity index (χ0n) is 11.3. The van der Waals surface area contributed by atoms with Crippen molar-refractivity contribution in [2.75, 3.05) is 18.2 Å².